The van der Waals surface area contributed by atoms with Crippen molar-refractivity contribution in [3.05, 3.63) is 53.8 Å². The quantitative estimate of drug-likeness (QED) is 0.147. The Bertz CT molecular complexity index is 967. The number of carbonyl (C=O) groups excluding carboxylic acids is 1. The van der Waals surface area contributed by atoms with Crippen molar-refractivity contribution in [2.24, 2.45) is 5.92 Å². The molecule has 5 heteroatoms. The van der Waals surface area contributed by atoms with E-state index < -0.39 is 12.1 Å². The van der Waals surface area contributed by atoms with Crippen molar-refractivity contribution < 1.29 is 23.0 Å². The van der Waals surface area contributed by atoms with Gasteiger partial charge in [-0.1, -0.05) is 89.1 Å². The van der Waals surface area contributed by atoms with Crippen molar-refractivity contribution in [2.75, 3.05) is 6.61 Å². The standard InChI is InChI=1S/C34H48F2O3/c1-3-5-7-8-9-10-24-38-33-23-20-29(25-32(33)36)28-18-14-26(15-19-28)12-13-27-16-21-30(22-17-27)39-34(37)31(35)11-6-4-2/h14-15,18-20,23,25,27,30-31H,3-13,16-17,21-22,24H2,1-2H3/t27?,30?,31-/m0/s1. The Balaban J connectivity index is 1.37. The molecule has 1 aliphatic carbocycles. The molecule has 39 heavy (non-hydrogen) atoms. The van der Waals surface area contributed by atoms with Gasteiger partial charge >= 0.3 is 5.97 Å². The number of hydrogen-bond acceptors (Lipinski definition) is 3. The van der Waals surface area contributed by atoms with Crippen molar-refractivity contribution in [3.63, 3.8) is 0 Å². The Morgan fingerprint density at radius 1 is 0.872 bits per heavy atom. The molecule has 0 aromatic heterocycles. The van der Waals surface area contributed by atoms with Gasteiger partial charge in [-0.05, 0) is 86.1 Å². The van der Waals surface area contributed by atoms with E-state index in [2.05, 4.69) is 31.2 Å². The van der Waals surface area contributed by atoms with Gasteiger partial charge in [0.2, 0.25) is 0 Å². The fourth-order valence-electron chi connectivity index (χ4n) is 5.37. The molecular formula is C34H48F2O3. The van der Waals surface area contributed by atoms with Crippen LogP contribution in [0.25, 0.3) is 11.1 Å². The zero-order chi connectivity index (χ0) is 27.9. The van der Waals surface area contributed by atoms with Crippen LogP contribution in [0.5, 0.6) is 5.75 Å². The Hall–Kier alpha value is -2.43. The van der Waals surface area contributed by atoms with Crippen molar-refractivity contribution in [3.8, 4) is 16.9 Å². The van der Waals surface area contributed by atoms with Crippen LogP contribution in [-0.2, 0) is 16.0 Å². The van der Waals surface area contributed by atoms with Crippen molar-refractivity contribution in [1.29, 1.82) is 0 Å². The van der Waals surface area contributed by atoms with Gasteiger partial charge in [0.1, 0.15) is 6.10 Å². The van der Waals surface area contributed by atoms with Crippen LogP contribution in [-0.4, -0.2) is 24.9 Å². The lowest BCUT2D eigenvalue weighted by atomic mass is 9.83. The SMILES string of the molecule is CCCCCCCCOc1ccc(-c2ccc(CCC3CCC(OC(=O)[C@@H](F)CCCC)CC3)cc2)cc1F. The van der Waals surface area contributed by atoms with Crippen LogP contribution in [0, 0.1) is 11.7 Å². The molecule has 1 fully saturated rings. The van der Waals surface area contributed by atoms with E-state index in [0.717, 1.165) is 68.9 Å². The number of rotatable bonds is 17. The number of alkyl halides is 1. The predicted octanol–water partition coefficient (Wildman–Crippen LogP) is 9.79. The van der Waals surface area contributed by atoms with Gasteiger partial charge in [-0.2, -0.15) is 0 Å². The molecule has 1 saturated carbocycles. The van der Waals surface area contributed by atoms with E-state index in [-0.39, 0.29) is 18.3 Å². The Kier molecular flexibility index (Phi) is 13.8. The van der Waals surface area contributed by atoms with Crippen LogP contribution in [0.15, 0.2) is 42.5 Å². The highest BCUT2D eigenvalue weighted by molar-refractivity contribution is 5.74. The summed E-state index contributed by atoms with van der Waals surface area (Å²) in [7, 11) is 0. The minimum Gasteiger partial charge on any atom is -0.491 e. The molecule has 2 aromatic carbocycles. The molecule has 0 unspecified atom stereocenters. The summed E-state index contributed by atoms with van der Waals surface area (Å²) in [4.78, 5) is 11.9. The monoisotopic (exact) mass is 542 g/mol. The van der Waals surface area contributed by atoms with E-state index in [1.165, 1.54) is 31.2 Å². The Labute approximate surface area is 234 Å². The van der Waals surface area contributed by atoms with Crippen LogP contribution in [0.4, 0.5) is 8.78 Å². The zero-order valence-corrected chi connectivity index (χ0v) is 24.1. The summed E-state index contributed by atoms with van der Waals surface area (Å²) >= 11 is 0. The molecule has 1 atom stereocenters. The fourth-order valence-corrected chi connectivity index (χ4v) is 5.37. The maximum Gasteiger partial charge on any atom is 0.340 e. The summed E-state index contributed by atoms with van der Waals surface area (Å²) in [5, 5.41) is 0. The maximum atomic E-state index is 14.6. The van der Waals surface area contributed by atoms with Crippen molar-refractivity contribution in [2.45, 2.75) is 122 Å². The number of halogens is 2. The maximum absolute atomic E-state index is 14.6. The van der Waals surface area contributed by atoms with E-state index in [1.54, 1.807) is 12.1 Å². The van der Waals surface area contributed by atoms with Crippen LogP contribution in [0.1, 0.15) is 109 Å². The van der Waals surface area contributed by atoms with E-state index in [0.29, 0.717) is 24.7 Å². The summed E-state index contributed by atoms with van der Waals surface area (Å²) < 4.78 is 39.6. The van der Waals surface area contributed by atoms with Crippen LogP contribution in [0.3, 0.4) is 0 Å². The second-order valence-corrected chi connectivity index (χ2v) is 11.2. The number of esters is 1. The molecule has 0 spiro atoms. The summed E-state index contributed by atoms with van der Waals surface area (Å²) in [6.45, 7) is 4.75. The van der Waals surface area contributed by atoms with Gasteiger partial charge in [-0.15, -0.1) is 0 Å². The second kappa shape index (κ2) is 17.3. The Morgan fingerprint density at radius 2 is 1.54 bits per heavy atom. The molecule has 0 heterocycles. The largest absolute Gasteiger partial charge is 0.491 e. The predicted molar refractivity (Wildman–Crippen MR) is 155 cm³/mol. The second-order valence-electron chi connectivity index (χ2n) is 11.2. The highest BCUT2D eigenvalue weighted by Gasteiger charge is 2.27. The van der Waals surface area contributed by atoms with E-state index in [1.807, 2.05) is 13.0 Å². The topological polar surface area (TPSA) is 35.5 Å². The molecule has 3 rings (SSSR count). The molecule has 1 aliphatic rings. The normalized spacial score (nSPS) is 18.1. The first-order chi connectivity index (χ1) is 19.0. The zero-order valence-electron chi connectivity index (χ0n) is 24.1. The molecule has 0 aliphatic heterocycles. The van der Waals surface area contributed by atoms with E-state index in [9.17, 15) is 13.6 Å². The summed E-state index contributed by atoms with van der Waals surface area (Å²) in [6, 6.07) is 13.6. The Morgan fingerprint density at radius 3 is 2.23 bits per heavy atom. The first kappa shape index (κ1) is 31.1. The van der Waals surface area contributed by atoms with E-state index >= 15 is 0 Å². The minimum atomic E-state index is -1.48. The molecule has 0 amide bonds. The number of carbonyl (C=O) groups is 1. The third-order valence-corrected chi connectivity index (χ3v) is 7.96. The molecule has 0 saturated heterocycles. The van der Waals surface area contributed by atoms with Gasteiger partial charge in [0.25, 0.3) is 0 Å². The van der Waals surface area contributed by atoms with E-state index in [4.69, 9.17) is 9.47 Å². The lowest BCUT2D eigenvalue weighted by Gasteiger charge is -2.28. The molecule has 2 aromatic rings. The van der Waals surface area contributed by atoms with Gasteiger partial charge < -0.3 is 9.47 Å². The van der Waals surface area contributed by atoms with Gasteiger partial charge in [0.15, 0.2) is 17.7 Å². The molecule has 216 valence electrons. The first-order valence-corrected chi connectivity index (χ1v) is 15.4. The van der Waals surface area contributed by atoms with Crippen molar-refractivity contribution >= 4 is 5.97 Å². The summed E-state index contributed by atoms with van der Waals surface area (Å²) in [5.74, 6) is -0.0673. The van der Waals surface area contributed by atoms with Gasteiger partial charge in [-0.3, -0.25) is 0 Å². The summed E-state index contributed by atoms with van der Waals surface area (Å²) in [5.41, 5.74) is 3.11. The number of aryl methyl sites for hydroxylation is 1. The molecular weight excluding hydrogens is 494 g/mol. The lowest BCUT2D eigenvalue weighted by molar-refractivity contribution is -0.157. The van der Waals surface area contributed by atoms with Crippen LogP contribution < -0.4 is 4.74 Å². The van der Waals surface area contributed by atoms with Crippen LogP contribution in [0.2, 0.25) is 0 Å². The fraction of sp³-hybridized carbons (Fsp3) is 0.618. The lowest BCUT2D eigenvalue weighted by Crippen LogP contribution is -2.29. The molecule has 0 bridgehead atoms. The van der Waals surface area contributed by atoms with Crippen LogP contribution >= 0.6 is 0 Å². The van der Waals surface area contributed by atoms with Gasteiger partial charge in [0.05, 0.1) is 6.61 Å². The third kappa shape index (κ3) is 10.9. The smallest absolute Gasteiger partial charge is 0.340 e. The number of hydrogen-bond donors (Lipinski definition) is 0. The number of ether oxygens (including phenoxy) is 2. The summed E-state index contributed by atoms with van der Waals surface area (Å²) in [6.07, 6.45) is 13.0. The number of unbranched alkanes of at least 4 members (excludes halogenated alkanes) is 6. The third-order valence-electron chi connectivity index (χ3n) is 7.96. The minimum absolute atomic E-state index is 0.138. The molecule has 3 nitrogen and oxygen atoms in total. The van der Waals surface area contributed by atoms with Crippen molar-refractivity contribution in [1.82, 2.24) is 0 Å². The first-order valence-electron chi connectivity index (χ1n) is 15.4. The van der Waals surface area contributed by atoms with Gasteiger partial charge in [-0.25, -0.2) is 13.6 Å². The average molecular weight is 543 g/mol. The highest BCUT2D eigenvalue weighted by atomic mass is 19.1. The number of benzene rings is 2. The highest BCUT2D eigenvalue weighted by Crippen LogP contribution is 2.31. The van der Waals surface area contributed by atoms with Gasteiger partial charge in [0, 0.05) is 0 Å². The molecule has 0 N–H and O–H groups in total. The average Bonchev–Trinajstić information content (AvgIpc) is 2.96. The molecule has 0 radical (unpaired) electrons.